The molecule has 0 fully saturated rings. The number of pyridine rings is 1. The molecule has 0 bridgehead atoms. The number of amides is 2. The normalized spacial score (nSPS) is 11.2. The lowest BCUT2D eigenvalue weighted by Gasteiger charge is -2.07. The maximum Gasteiger partial charge on any atom is 0.435 e. The Labute approximate surface area is 143 Å². The third-order valence-electron chi connectivity index (χ3n) is 3.14. The average molecular weight is 375 g/mol. The molecule has 26 heavy (non-hydrogen) atoms. The molecule has 0 aliphatic rings. The lowest BCUT2D eigenvalue weighted by Crippen LogP contribution is -2.26. The molecule has 140 valence electrons. The number of nitrogens with zero attached hydrogens (tertiary/aromatic N) is 3. The van der Waals surface area contributed by atoms with Crippen LogP contribution in [0.1, 0.15) is 21.7 Å². The number of halogens is 4. The van der Waals surface area contributed by atoms with Crippen LogP contribution in [0.15, 0.2) is 24.5 Å². The topological polar surface area (TPSA) is 109 Å². The number of hydrogen-bond acceptors (Lipinski definition) is 4. The highest BCUT2D eigenvalue weighted by Crippen LogP contribution is 2.30. The molecular formula is C14H13F4N5O3. The Morgan fingerprint density at radius 2 is 2.00 bits per heavy atom. The zero-order valence-electron chi connectivity index (χ0n) is 13.0. The van der Waals surface area contributed by atoms with Crippen molar-refractivity contribution in [3.63, 3.8) is 0 Å². The minimum Gasteiger partial charge on any atom is -0.465 e. The van der Waals surface area contributed by atoms with Crippen LogP contribution in [0.5, 0.6) is 0 Å². The van der Waals surface area contributed by atoms with Gasteiger partial charge in [0, 0.05) is 18.9 Å². The summed E-state index contributed by atoms with van der Waals surface area (Å²) < 4.78 is 53.4. The van der Waals surface area contributed by atoms with Gasteiger partial charge in [-0.3, -0.25) is 14.5 Å². The van der Waals surface area contributed by atoms with Crippen LogP contribution in [-0.2, 0) is 19.3 Å². The Balaban J connectivity index is 2.14. The van der Waals surface area contributed by atoms with Gasteiger partial charge in [0.25, 0.3) is 5.91 Å². The second-order valence-corrected chi connectivity index (χ2v) is 5.00. The van der Waals surface area contributed by atoms with Crippen molar-refractivity contribution in [2.75, 3.05) is 6.54 Å². The van der Waals surface area contributed by atoms with Gasteiger partial charge in [0.1, 0.15) is 5.82 Å². The van der Waals surface area contributed by atoms with Crippen molar-refractivity contribution in [3.8, 4) is 0 Å². The molecule has 12 heteroatoms. The summed E-state index contributed by atoms with van der Waals surface area (Å²) in [5, 5.41) is 15.8. The minimum absolute atomic E-state index is 0.132. The number of rotatable bonds is 6. The maximum atomic E-state index is 13.5. The number of alkyl halides is 3. The fourth-order valence-corrected chi connectivity index (χ4v) is 2.00. The van der Waals surface area contributed by atoms with Crippen LogP contribution >= 0.6 is 0 Å². The highest BCUT2D eigenvalue weighted by Gasteiger charge is 2.39. The number of carbonyl (C=O) groups is 2. The van der Waals surface area contributed by atoms with Crippen molar-refractivity contribution in [1.82, 2.24) is 25.4 Å². The first kappa shape index (κ1) is 19.1. The lowest BCUT2D eigenvalue weighted by molar-refractivity contribution is -0.141. The number of nitrogens with one attached hydrogen (secondary N) is 2. The minimum atomic E-state index is -4.89. The summed E-state index contributed by atoms with van der Waals surface area (Å²) in [4.78, 5) is 26.1. The summed E-state index contributed by atoms with van der Waals surface area (Å²) in [6, 6.07) is 2.43. The molecule has 0 unspecified atom stereocenters. The van der Waals surface area contributed by atoms with Gasteiger partial charge in [0.2, 0.25) is 0 Å². The fraction of sp³-hybridized carbons (Fsp3) is 0.286. The SMILES string of the molecule is O=C(O)NCCn1cc(C(=O)NCc2ncccc2F)c(C(F)(F)F)n1. The van der Waals surface area contributed by atoms with Gasteiger partial charge in [-0.05, 0) is 12.1 Å². The van der Waals surface area contributed by atoms with Crippen molar-refractivity contribution < 1.29 is 32.3 Å². The summed E-state index contributed by atoms with van der Waals surface area (Å²) in [6.07, 6.45) is -4.12. The van der Waals surface area contributed by atoms with Crippen molar-refractivity contribution in [2.45, 2.75) is 19.3 Å². The predicted octanol–water partition coefficient (Wildman–Crippen LogP) is 1.63. The monoisotopic (exact) mass is 375 g/mol. The van der Waals surface area contributed by atoms with E-state index in [1.807, 2.05) is 5.32 Å². The third-order valence-corrected chi connectivity index (χ3v) is 3.14. The molecule has 0 aliphatic heterocycles. The van der Waals surface area contributed by atoms with E-state index >= 15 is 0 Å². The first-order valence-corrected chi connectivity index (χ1v) is 7.17. The van der Waals surface area contributed by atoms with E-state index in [2.05, 4.69) is 15.4 Å². The fourth-order valence-electron chi connectivity index (χ4n) is 2.00. The smallest absolute Gasteiger partial charge is 0.435 e. The standard InChI is InChI=1S/C14H13F4N5O3/c15-9-2-1-3-19-10(9)6-21-12(24)8-7-23(5-4-20-13(25)26)22-11(8)14(16,17)18/h1-3,7,20H,4-6H2,(H,21,24)(H,25,26). The van der Waals surface area contributed by atoms with Crippen LogP contribution in [0, 0.1) is 5.82 Å². The Morgan fingerprint density at radius 1 is 1.27 bits per heavy atom. The molecule has 0 radical (unpaired) electrons. The van der Waals surface area contributed by atoms with Gasteiger partial charge in [0.05, 0.1) is 24.3 Å². The molecule has 2 aromatic heterocycles. The van der Waals surface area contributed by atoms with Crippen LogP contribution < -0.4 is 10.6 Å². The van der Waals surface area contributed by atoms with Crippen LogP contribution in [0.3, 0.4) is 0 Å². The van der Waals surface area contributed by atoms with E-state index in [1.165, 1.54) is 12.3 Å². The van der Waals surface area contributed by atoms with E-state index in [0.29, 0.717) is 0 Å². The van der Waals surface area contributed by atoms with Gasteiger partial charge in [-0.15, -0.1) is 0 Å². The zero-order chi connectivity index (χ0) is 19.3. The van der Waals surface area contributed by atoms with Crippen molar-refractivity contribution in [2.24, 2.45) is 0 Å². The summed E-state index contributed by atoms with van der Waals surface area (Å²) in [7, 11) is 0. The Bertz CT molecular complexity index is 806. The molecule has 2 aromatic rings. The highest BCUT2D eigenvalue weighted by atomic mass is 19.4. The molecule has 0 aromatic carbocycles. The molecule has 0 spiro atoms. The molecule has 0 atom stereocenters. The molecule has 2 heterocycles. The van der Waals surface area contributed by atoms with Gasteiger partial charge in [0.15, 0.2) is 5.69 Å². The largest absolute Gasteiger partial charge is 0.465 e. The maximum absolute atomic E-state index is 13.5. The molecule has 2 amide bonds. The number of hydrogen-bond donors (Lipinski definition) is 3. The van der Waals surface area contributed by atoms with Gasteiger partial charge >= 0.3 is 12.3 Å². The van der Waals surface area contributed by atoms with E-state index in [-0.39, 0.29) is 18.8 Å². The molecule has 0 saturated heterocycles. The molecule has 3 N–H and O–H groups in total. The second kappa shape index (κ2) is 7.80. The second-order valence-electron chi connectivity index (χ2n) is 5.00. The van der Waals surface area contributed by atoms with E-state index in [0.717, 1.165) is 16.9 Å². The number of carboxylic acid groups (broad SMARTS) is 1. The van der Waals surface area contributed by atoms with Gasteiger partial charge in [-0.25, -0.2) is 9.18 Å². The van der Waals surface area contributed by atoms with Gasteiger partial charge in [-0.2, -0.15) is 18.3 Å². The van der Waals surface area contributed by atoms with Crippen molar-refractivity contribution >= 4 is 12.0 Å². The Kier molecular flexibility index (Phi) is 5.75. The summed E-state index contributed by atoms with van der Waals surface area (Å²) >= 11 is 0. The van der Waals surface area contributed by atoms with E-state index in [1.54, 1.807) is 0 Å². The summed E-state index contributed by atoms with van der Waals surface area (Å²) in [6.45, 7) is -0.819. The molecular weight excluding hydrogens is 362 g/mol. The van der Waals surface area contributed by atoms with Gasteiger partial charge in [-0.1, -0.05) is 0 Å². The molecule has 8 nitrogen and oxygen atoms in total. The Morgan fingerprint density at radius 3 is 2.62 bits per heavy atom. The van der Waals surface area contributed by atoms with Gasteiger partial charge < -0.3 is 15.7 Å². The molecule has 0 aliphatic carbocycles. The molecule has 2 rings (SSSR count). The number of carbonyl (C=O) groups excluding carboxylic acids is 1. The van der Waals surface area contributed by atoms with Crippen LogP contribution in [-0.4, -0.2) is 38.4 Å². The first-order chi connectivity index (χ1) is 12.2. The highest BCUT2D eigenvalue weighted by molar-refractivity contribution is 5.95. The average Bonchev–Trinajstić information content (AvgIpc) is 2.98. The predicted molar refractivity (Wildman–Crippen MR) is 78.6 cm³/mol. The summed E-state index contributed by atoms with van der Waals surface area (Å²) in [5.74, 6) is -1.82. The molecule has 0 saturated carbocycles. The van der Waals surface area contributed by atoms with E-state index in [4.69, 9.17) is 5.11 Å². The first-order valence-electron chi connectivity index (χ1n) is 7.17. The van der Waals surface area contributed by atoms with Crippen LogP contribution in [0.4, 0.5) is 22.4 Å². The Hall–Kier alpha value is -3.18. The van der Waals surface area contributed by atoms with Crippen LogP contribution in [0.2, 0.25) is 0 Å². The van der Waals surface area contributed by atoms with Crippen molar-refractivity contribution in [3.05, 3.63) is 47.3 Å². The zero-order valence-corrected chi connectivity index (χ0v) is 13.0. The van der Waals surface area contributed by atoms with E-state index in [9.17, 15) is 27.2 Å². The quantitative estimate of drug-likeness (QED) is 0.665. The lowest BCUT2D eigenvalue weighted by atomic mass is 10.2. The third kappa shape index (κ3) is 4.91. The van der Waals surface area contributed by atoms with Crippen molar-refractivity contribution in [1.29, 1.82) is 0 Å². The number of aromatic nitrogens is 3. The van der Waals surface area contributed by atoms with Crippen LogP contribution in [0.25, 0.3) is 0 Å². The van der Waals surface area contributed by atoms with E-state index < -0.39 is 41.8 Å². The summed E-state index contributed by atoms with van der Waals surface area (Å²) in [5.41, 5.74) is -2.32.